The summed E-state index contributed by atoms with van der Waals surface area (Å²) in [6, 6.07) is 12.0. The molecule has 7 nitrogen and oxygen atoms in total. The second kappa shape index (κ2) is 9.22. The Morgan fingerprint density at radius 1 is 1.00 bits per heavy atom. The van der Waals surface area contributed by atoms with Gasteiger partial charge in [-0.05, 0) is 48.9 Å². The predicted octanol–water partition coefficient (Wildman–Crippen LogP) is 2.93. The molecule has 0 aliphatic rings. The van der Waals surface area contributed by atoms with Crippen LogP contribution in [0, 0.1) is 6.92 Å². The Bertz CT molecular complexity index is 971. The van der Waals surface area contributed by atoms with E-state index in [0.29, 0.717) is 16.9 Å². The van der Waals surface area contributed by atoms with E-state index in [2.05, 4.69) is 10.6 Å². The zero-order valence-electron chi connectivity index (χ0n) is 16.1. The highest BCUT2D eigenvalue weighted by atomic mass is 32.2. The highest BCUT2D eigenvalue weighted by Gasteiger charge is 2.20. The number of rotatable bonds is 7. The third kappa shape index (κ3) is 5.82. The average molecular weight is 422 g/mol. The summed E-state index contributed by atoms with van der Waals surface area (Å²) in [5.74, 6) is -0.218. The van der Waals surface area contributed by atoms with Crippen molar-refractivity contribution in [2.75, 3.05) is 30.5 Å². The van der Waals surface area contributed by atoms with E-state index in [-0.39, 0.29) is 22.5 Å². The molecule has 2 rings (SSSR count). The number of carbonyl (C=O) groups excluding carboxylic acids is 2. The van der Waals surface area contributed by atoms with Crippen molar-refractivity contribution in [1.82, 2.24) is 4.31 Å². The molecule has 0 spiro atoms. The number of hydrogen-bond acceptors (Lipinski definition) is 5. The van der Waals surface area contributed by atoms with E-state index in [0.717, 1.165) is 9.20 Å². The van der Waals surface area contributed by atoms with Crippen LogP contribution in [0.25, 0.3) is 0 Å². The average Bonchev–Trinajstić information content (AvgIpc) is 2.62. The zero-order valence-corrected chi connectivity index (χ0v) is 17.8. The van der Waals surface area contributed by atoms with E-state index in [1.54, 1.807) is 31.2 Å². The second-order valence-electron chi connectivity index (χ2n) is 6.31. The van der Waals surface area contributed by atoms with Crippen LogP contribution in [0.2, 0.25) is 0 Å². The van der Waals surface area contributed by atoms with Crippen LogP contribution in [0.1, 0.15) is 12.5 Å². The van der Waals surface area contributed by atoms with Crippen molar-refractivity contribution in [3.05, 3.63) is 48.0 Å². The van der Waals surface area contributed by atoms with E-state index < -0.39 is 10.0 Å². The number of carbonyl (C=O) groups is 2. The lowest BCUT2D eigenvalue weighted by molar-refractivity contribution is -0.114. The van der Waals surface area contributed by atoms with Gasteiger partial charge in [-0.25, -0.2) is 12.7 Å². The van der Waals surface area contributed by atoms with E-state index in [1.807, 2.05) is 12.1 Å². The molecule has 0 atom stereocenters. The fraction of sp³-hybridized carbons (Fsp3) is 0.263. The number of benzene rings is 2. The van der Waals surface area contributed by atoms with Gasteiger partial charge < -0.3 is 10.6 Å². The van der Waals surface area contributed by atoms with Gasteiger partial charge in [-0.15, -0.1) is 11.8 Å². The van der Waals surface area contributed by atoms with Crippen LogP contribution >= 0.6 is 11.8 Å². The Labute approximate surface area is 169 Å². The summed E-state index contributed by atoms with van der Waals surface area (Å²) in [5.41, 5.74) is 1.73. The van der Waals surface area contributed by atoms with Crippen LogP contribution in [0.15, 0.2) is 52.3 Å². The van der Waals surface area contributed by atoms with Crippen LogP contribution in [0.4, 0.5) is 11.4 Å². The molecule has 2 amide bonds. The van der Waals surface area contributed by atoms with Crippen LogP contribution in [0.3, 0.4) is 0 Å². The van der Waals surface area contributed by atoms with Gasteiger partial charge in [0.2, 0.25) is 21.8 Å². The topological polar surface area (TPSA) is 95.6 Å². The summed E-state index contributed by atoms with van der Waals surface area (Å²) in [6.45, 7) is 3.15. The van der Waals surface area contributed by atoms with Crippen LogP contribution in [-0.2, 0) is 19.6 Å². The summed E-state index contributed by atoms with van der Waals surface area (Å²) in [4.78, 5) is 24.3. The van der Waals surface area contributed by atoms with Gasteiger partial charge in [0, 0.05) is 37.3 Å². The molecule has 0 unspecified atom stereocenters. The molecule has 0 radical (unpaired) electrons. The normalized spacial score (nSPS) is 11.3. The molecule has 0 aliphatic carbocycles. The first-order valence-electron chi connectivity index (χ1n) is 8.43. The maximum Gasteiger partial charge on any atom is 0.242 e. The van der Waals surface area contributed by atoms with Gasteiger partial charge in [-0.1, -0.05) is 6.07 Å². The smallest absolute Gasteiger partial charge is 0.242 e. The Morgan fingerprint density at radius 3 is 2.18 bits per heavy atom. The van der Waals surface area contributed by atoms with E-state index in [1.165, 1.54) is 38.8 Å². The molecule has 0 fully saturated rings. The van der Waals surface area contributed by atoms with E-state index >= 15 is 0 Å². The van der Waals surface area contributed by atoms with Gasteiger partial charge in [0.1, 0.15) is 0 Å². The fourth-order valence-corrected chi connectivity index (χ4v) is 4.18. The van der Waals surface area contributed by atoms with Crippen molar-refractivity contribution in [1.29, 1.82) is 0 Å². The van der Waals surface area contributed by atoms with Gasteiger partial charge in [-0.2, -0.15) is 0 Å². The van der Waals surface area contributed by atoms with Crippen molar-refractivity contribution in [2.45, 2.75) is 23.6 Å². The van der Waals surface area contributed by atoms with E-state index in [9.17, 15) is 18.0 Å². The highest BCUT2D eigenvalue weighted by Crippen LogP contribution is 2.24. The fourth-order valence-electron chi connectivity index (χ4n) is 2.34. The minimum absolute atomic E-state index is 0.145. The molecule has 28 heavy (non-hydrogen) atoms. The molecule has 0 aliphatic heterocycles. The van der Waals surface area contributed by atoms with Gasteiger partial charge in [0.05, 0.1) is 10.6 Å². The Kier molecular flexibility index (Phi) is 7.22. The molecule has 0 saturated carbocycles. The van der Waals surface area contributed by atoms with Crippen LogP contribution in [0.5, 0.6) is 0 Å². The Hall–Kier alpha value is -2.36. The minimum atomic E-state index is -3.59. The predicted molar refractivity (Wildman–Crippen MR) is 112 cm³/mol. The van der Waals surface area contributed by atoms with Crippen molar-refractivity contribution in [3.8, 4) is 0 Å². The standard InChI is InChI=1S/C19H23N3O4S2/c1-13-5-6-16(11-18(13)28(25,26)22(3)4)21-19(24)12-27-17-9-7-15(8-10-17)20-14(2)23/h5-11H,12H2,1-4H3,(H,20,23)(H,21,24). The molecule has 9 heteroatoms. The summed E-state index contributed by atoms with van der Waals surface area (Å²) < 4.78 is 25.9. The third-order valence-corrected chi connectivity index (χ3v) is 6.74. The number of sulfonamides is 1. The number of amides is 2. The highest BCUT2D eigenvalue weighted by molar-refractivity contribution is 8.00. The quantitative estimate of drug-likeness (QED) is 0.670. The number of hydrogen-bond donors (Lipinski definition) is 2. The van der Waals surface area contributed by atoms with Gasteiger partial charge in [0.15, 0.2) is 0 Å². The number of thioether (sulfide) groups is 1. The minimum Gasteiger partial charge on any atom is -0.326 e. The van der Waals surface area contributed by atoms with Crippen molar-refractivity contribution < 1.29 is 18.0 Å². The van der Waals surface area contributed by atoms with Gasteiger partial charge in [0.25, 0.3) is 0 Å². The first kappa shape index (κ1) is 21.9. The van der Waals surface area contributed by atoms with E-state index in [4.69, 9.17) is 0 Å². The van der Waals surface area contributed by atoms with Gasteiger partial charge in [-0.3, -0.25) is 9.59 Å². The first-order chi connectivity index (χ1) is 13.1. The Balaban J connectivity index is 2.01. The third-order valence-electron chi connectivity index (χ3n) is 3.78. The molecular weight excluding hydrogens is 398 g/mol. The second-order valence-corrected chi connectivity index (χ2v) is 9.48. The first-order valence-corrected chi connectivity index (χ1v) is 10.9. The van der Waals surface area contributed by atoms with Crippen molar-refractivity contribution in [3.63, 3.8) is 0 Å². The Morgan fingerprint density at radius 2 is 1.61 bits per heavy atom. The monoisotopic (exact) mass is 421 g/mol. The molecule has 0 heterocycles. The maximum absolute atomic E-state index is 12.4. The number of aryl methyl sites for hydroxylation is 1. The lowest BCUT2D eigenvalue weighted by Crippen LogP contribution is -2.23. The van der Waals surface area contributed by atoms with Crippen molar-refractivity contribution in [2.24, 2.45) is 0 Å². The molecular formula is C19H23N3O4S2. The molecule has 0 aromatic heterocycles. The number of nitrogens with zero attached hydrogens (tertiary/aromatic N) is 1. The molecule has 2 aromatic carbocycles. The summed E-state index contributed by atoms with van der Waals surface area (Å²) in [7, 11) is -0.655. The SMILES string of the molecule is CC(=O)Nc1ccc(SCC(=O)Nc2ccc(C)c(S(=O)(=O)N(C)C)c2)cc1. The van der Waals surface area contributed by atoms with Gasteiger partial charge >= 0.3 is 0 Å². The molecule has 2 aromatic rings. The van der Waals surface area contributed by atoms with Crippen LogP contribution < -0.4 is 10.6 Å². The summed E-state index contributed by atoms with van der Waals surface area (Å²) in [6.07, 6.45) is 0. The number of nitrogens with one attached hydrogen (secondary N) is 2. The lowest BCUT2D eigenvalue weighted by atomic mass is 10.2. The maximum atomic E-state index is 12.4. The largest absolute Gasteiger partial charge is 0.326 e. The lowest BCUT2D eigenvalue weighted by Gasteiger charge is -2.15. The van der Waals surface area contributed by atoms with Crippen LogP contribution in [-0.4, -0.2) is 44.4 Å². The molecule has 2 N–H and O–H groups in total. The summed E-state index contributed by atoms with van der Waals surface area (Å²) in [5, 5.41) is 5.41. The molecule has 0 bridgehead atoms. The molecule has 150 valence electrons. The zero-order chi connectivity index (χ0) is 20.9. The number of anilines is 2. The van der Waals surface area contributed by atoms with Crippen molar-refractivity contribution >= 4 is 45.0 Å². The summed E-state index contributed by atoms with van der Waals surface area (Å²) >= 11 is 1.34. The molecule has 0 saturated heterocycles.